The van der Waals surface area contributed by atoms with Crippen molar-refractivity contribution in [3.05, 3.63) is 85.0 Å². The van der Waals surface area contributed by atoms with E-state index in [9.17, 15) is 37.7 Å². The van der Waals surface area contributed by atoms with Crippen molar-refractivity contribution in [1.82, 2.24) is 19.1 Å². The molecule has 0 aliphatic heterocycles. The number of anilines is 1. The number of carbonyl (C=O) groups excluding carboxylic acids is 1. The van der Waals surface area contributed by atoms with E-state index in [1.807, 2.05) is 0 Å². The summed E-state index contributed by atoms with van der Waals surface area (Å²) in [6.45, 7) is 0. The number of nitro groups is 1. The number of hydrogen-bond donors (Lipinski definition) is 1. The minimum absolute atomic E-state index is 0.00731. The lowest BCUT2D eigenvalue weighted by molar-refractivity contribution is -0.384. The average Bonchev–Trinajstić information content (AvgIpc) is 2.88. The molecule has 2 aromatic heterocycles. The standard InChI is InChI=1S/C23H17F3N6O5S/c1-30-19-17(21(34)31(2)22(30)35)20(29-18(28-19)12-3-9-15(10-4-12)32(36)37)38-11-16(33)27-14-7-5-13(6-8-14)23(24,25)26/h3-10H,11H2,1-2H3,(H,27,33). The molecular weight excluding hydrogens is 529 g/mol. The van der Waals surface area contributed by atoms with Gasteiger partial charge in [0, 0.05) is 37.5 Å². The molecule has 1 amide bonds. The van der Waals surface area contributed by atoms with Gasteiger partial charge < -0.3 is 5.32 Å². The van der Waals surface area contributed by atoms with Crippen LogP contribution in [0, 0.1) is 10.1 Å². The van der Waals surface area contributed by atoms with Crippen molar-refractivity contribution in [1.29, 1.82) is 0 Å². The number of nitrogens with one attached hydrogen (secondary N) is 1. The van der Waals surface area contributed by atoms with Gasteiger partial charge in [-0.25, -0.2) is 14.8 Å². The zero-order chi connectivity index (χ0) is 27.8. The fraction of sp³-hybridized carbons (Fsp3) is 0.174. The monoisotopic (exact) mass is 546 g/mol. The normalized spacial score (nSPS) is 11.5. The summed E-state index contributed by atoms with van der Waals surface area (Å²) in [5.41, 5.74) is -1.87. The van der Waals surface area contributed by atoms with Gasteiger partial charge >= 0.3 is 11.9 Å². The number of aromatic nitrogens is 4. The number of nitrogens with zero attached hydrogens (tertiary/aromatic N) is 5. The molecule has 2 heterocycles. The van der Waals surface area contributed by atoms with Crippen molar-refractivity contribution in [2.45, 2.75) is 11.2 Å². The van der Waals surface area contributed by atoms with Gasteiger partial charge in [-0.05, 0) is 36.4 Å². The summed E-state index contributed by atoms with van der Waals surface area (Å²) in [4.78, 5) is 57.1. The number of halogens is 3. The molecule has 0 spiro atoms. The molecule has 4 aromatic rings. The number of rotatable bonds is 6. The number of benzene rings is 2. The Morgan fingerprint density at radius 3 is 2.24 bits per heavy atom. The van der Waals surface area contributed by atoms with Crippen LogP contribution in [0.1, 0.15) is 5.56 Å². The number of thioether (sulfide) groups is 1. The highest BCUT2D eigenvalue weighted by atomic mass is 32.2. The first-order valence-electron chi connectivity index (χ1n) is 10.7. The highest BCUT2D eigenvalue weighted by molar-refractivity contribution is 8.00. The van der Waals surface area contributed by atoms with Crippen LogP contribution in [0.15, 0.2) is 63.1 Å². The van der Waals surface area contributed by atoms with Gasteiger partial charge in [0.2, 0.25) is 5.91 Å². The summed E-state index contributed by atoms with van der Waals surface area (Å²) in [5.74, 6) is -0.805. The van der Waals surface area contributed by atoms with E-state index >= 15 is 0 Å². The highest BCUT2D eigenvalue weighted by Crippen LogP contribution is 2.30. The van der Waals surface area contributed by atoms with E-state index < -0.39 is 33.8 Å². The number of nitro benzene ring substituents is 1. The van der Waals surface area contributed by atoms with E-state index in [1.165, 1.54) is 38.4 Å². The Hall–Kier alpha value is -4.53. The average molecular weight is 546 g/mol. The van der Waals surface area contributed by atoms with Crippen LogP contribution < -0.4 is 16.6 Å². The lowest BCUT2D eigenvalue weighted by Crippen LogP contribution is -2.37. The minimum Gasteiger partial charge on any atom is -0.325 e. The van der Waals surface area contributed by atoms with Crippen LogP contribution in [-0.4, -0.2) is 35.7 Å². The SMILES string of the molecule is Cn1c(=O)c2c(SCC(=O)Nc3ccc(C(F)(F)F)cc3)nc(-c3ccc([N+](=O)[O-])cc3)nc2n(C)c1=O. The highest BCUT2D eigenvalue weighted by Gasteiger charge is 2.30. The number of alkyl halides is 3. The summed E-state index contributed by atoms with van der Waals surface area (Å²) >= 11 is 0.859. The third kappa shape index (κ3) is 5.27. The van der Waals surface area contributed by atoms with Crippen molar-refractivity contribution < 1.29 is 22.9 Å². The molecule has 11 nitrogen and oxygen atoms in total. The molecule has 0 bridgehead atoms. The van der Waals surface area contributed by atoms with Crippen LogP contribution in [0.5, 0.6) is 0 Å². The Morgan fingerprint density at radius 1 is 1.03 bits per heavy atom. The van der Waals surface area contributed by atoms with Crippen molar-refractivity contribution in [3.8, 4) is 11.4 Å². The second kappa shape index (κ2) is 10.1. The lowest BCUT2D eigenvalue weighted by Gasteiger charge is -2.12. The van der Waals surface area contributed by atoms with Crippen molar-refractivity contribution in [2.75, 3.05) is 11.1 Å². The first kappa shape index (κ1) is 26.5. The minimum atomic E-state index is -4.51. The number of amides is 1. The van der Waals surface area contributed by atoms with E-state index in [0.29, 0.717) is 5.56 Å². The van der Waals surface area contributed by atoms with Crippen molar-refractivity contribution >= 4 is 40.1 Å². The van der Waals surface area contributed by atoms with Gasteiger partial charge in [-0.3, -0.25) is 28.8 Å². The number of fused-ring (bicyclic) bond motifs is 1. The van der Waals surface area contributed by atoms with Gasteiger partial charge in [0.05, 0.1) is 16.2 Å². The third-order valence-corrected chi connectivity index (χ3v) is 6.41. The van der Waals surface area contributed by atoms with Gasteiger partial charge in [0.25, 0.3) is 11.2 Å². The number of hydrogen-bond acceptors (Lipinski definition) is 8. The topological polar surface area (TPSA) is 142 Å². The van der Waals surface area contributed by atoms with E-state index in [4.69, 9.17) is 0 Å². The Morgan fingerprint density at radius 2 is 1.66 bits per heavy atom. The van der Waals surface area contributed by atoms with Gasteiger partial charge in [-0.1, -0.05) is 11.8 Å². The van der Waals surface area contributed by atoms with Gasteiger partial charge in [0.15, 0.2) is 11.5 Å². The molecule has 0 saturated heterocycles. The van der Waals surface area contributed by atoms with Crippen LogP contribution in [0.2, 0.25) is 0 Å². The van der Waals surface area contributed by atoms with Crippen LogP contribution in [0.25, 0.3) is 22.4 Å². The van der Waals surface area contributed by atoms with Crippen molar-refractivity contribution in [3.63, 3.8) is 0 Å². The zero-order valence-electron chi connectivity index (χ0n) is 19.6. The quantitative estimate of drug-likeness (QED) is 0.168. The predicted molar refractivity (Wildman–Crippen MR) is 133 cm³/mol. The van der Waals surface area contributed by atoms with Crippen LogP contribution in [-0.2, 0) is 25.1 Å². The molecule has 0 atom stereocenters. The molecule has 0 fully saturated rings. The Bertz CT molecular complexity index is 1680. The molecule has 15 heteroatoms. The Labute approximate surface area is 215 Å². The molecule has 0 saturated carbocycles. The number of carbonyl (C=O) groups is 1. The summed E-state index contributed by atoms with van der Waals surface area (Å²) in [6, 6.07) is 9.21. The first-order valence-corrected chi connectivity index (χ1v) is 11.7. The summed E-state index contributed by atoms with van der Waals surface area (Å²) in [6.07, 6.45) is -4.51. The second-order valence-electron chi connectivity index (χ2n) is 7.97. The summed E-state index contributed by atoms with van der Waals surface area (Å²) in [5, 5.41) is 13.5. The van der Waals surface area contributed by atoms with Crippen LogP contribution in [0.4, 0.5) is 24.5 Å². The molecule has 0 unspecified atom stereocenters. The number of aryl methyl sites for hydroxylation is 1. The molecule has 4 rings (SSSR count). The van der Waals surface area contributed by atoms with Gasteiger partial charge in [-0.15, -0.1) is 0 Å². The summed E-state index contributed by atoms with van der Waals surface area (Å²) in [7, 11) is 2.68. The molecule has 0 aliphatic rings. The second-order valence-corrected chi connectivity index (χ2v) is 8.94. The number of non-ortho nitro benzene ring substituents is 1. The van der Waals surface area contributed by atoms with E-state index in [1.54, 1.807) is 0 Å². The lowest BCUT2D eigenvalue weighted by atomic mass is 10.2. The maximum Gasteiger partial charge on any atom is 0.416 e. The van der Waals surface area contributed by atoms with E-state index in [0.717, 1.165) is 45.2 Å². The van der Waals surface area contributed by atoms with Gasteiger partial charge in [0.1, 0.15) is 10.4 Å². The van der Waals surface area contributed by atoms with Crippen molar-refractivity contribution in [2.24, 2.45) is 14.1 Å². The molecule has 38 heavy (non-hydrogen) atoms. The molecule has 0 aliphatic carbocycles. The summed E-state index contributed by atoms with van der Waals surface area (Å²) < 4.78 is 40.3. The fourth-order valence-electron chi connectivity index (χ4n) is 3.47. The smallest absolute Gasteiger partial charge is 0.325 e. The molecular formula is C23H17F3N6O5S. The maximum atomic E-state index is 12.9. The van der Waals surface area contributed by atoms with E-state index in [2.05, 4.69) is 15.3 Å². The van der Waals surface area contributed by atoms with Crippen LogP contribution >= 0.6 is 11.8 Å². The molecule has 2 aromatic carbocycles. The largest absolute Gasteiger partial charge is 0.416 e. The molecule has 196 valence electrons. The first-order chi connectivity index (χ1) is 17.9. The molecule has 0 radical (unpaired) electrons. The zero-order valence-corrected chi connectivity index (χ0v) is 20.5. The van der Waals surface area contributed by atoms with E-state index in [-0.39, 0.29) is 39.0 Å². The van der Waals surface area contributed by atoms with Gasteiger partial charge in [-0.2, -0.15) is 13.2 Å². The molecule has 1 N–H and O–H groups in total. The fourth-order valence-corrected chi connectivity index (χ4v) is 4.28. The Kier molecular flexibility index (Phi) is 7.04. The third-order valence-electron chi connectivity index (χ3n) is 5.44. The Balaban J connectivity index is 1.69. The predicted octanol–water partition coefficient (Wildman–Crippen LogP) is 3.35. The van der Waals surface area contributed by atoms with Crippen LogP contribution in [0.3, 0.4) is 0 Å². The maximum absolute atomic E-state index is 12.9.